The lowest BCUT2D eigenvalue weighted by molar-refractivity contribution is 0.645. The third kappa shape index (κ3) is 1.47. The van der Waals surface area contributed by atoms with E-state index in [1.165, 1.54) is 0 Å². The van der Waals surface area contributed by atoms with Gasteiger partial charge in [0.25, 0.3) is 0 Å². The van der Waals surface area contributed by atoms with Crippen LogP contribution in [-0.4, -0.2) is 15.4 Å². The Bertz CT molecular complexity index is 276. The van der Waals surface area contributed by atoms with Crippen LogP contribution < -0.4 is 5.73 Å². The van der Waals surface area contributed by atoms with Gasteiger partial charge in [-0.3, -0.25) is 5.41 Å². The number of amidine groups is 1. The number of aromatic nitrogens is 2. The van der Waals surface area contributed by atoms with E-state index in [0.717, 1.165) is 12.2 Å². The van der Waals surface area contributed by atoms with E-state index in [4.69, 9.17) is 11.1 Å². The molecule has 0 aromatic carbocycles. The van der Waals surface area contributed by atoms with Crippen LogP contribution in [0.4, 0.5) is 0 Å². The molecule has 1 aromatic rings. The van der Waals surface area contributed by atoms with Crippen molar-refractivity contribution < 1.29 is 0 Å². The SMILES string of the molecule is CCc1nccn1C(C)C(=N)N. The van der Waals surface area contributed by atoms with Crippen LogP contribution in [0.5, 0.6) is 0 Å². The predicted molar refractivity (Wildman–Crippen MR) is 48.2 cm³/mol. The summed E-state index contributed by atoms with van der Waals surface area (Å²) in [6, 6.07) is -0.0811. The highest BCUT2D eigenvalue weighted by Gasteiger charge is 2.10. The van der Waals surface area contributed by atoms with E-state index >= 15 is 0 Å². The molecular weight excluding hydrogens is 152 g/mol. The van der Waals surface area contributed by atoms with Gasteiger partial charge in [0.2, 0.25) is 0 Å². The van der Waals surface area contributed by atoms with Crippen LogP contribution >= 0.6 is 0 Å². The lowest BCUT2D eigenvalue weighted by Gasteiger charge is -2.13. The second-order valence-corrected chi connectivity index (χ2v) is 2.74. The summed E-state index contributed by atoms with van der Waals surface area (Å²) in [4.78, 5) is 4.15. The summed E-state index contributed by atoms with van der Waals surface area (Å²) in [6.07, 6.45) is 4.45. The molecule has 0 bridgehead atoms. The van der Waals surface area contributed by atoms with Crippen molar-refractivity contribution in [2.24, 2.45) is 5.73 Å². The largest absolute Gasteiger partial charge is 0.386 e. The van der Waals surface area contributed by atoms with Crippen LogP contribution in [0.3, 0.4) is 0 Å². The number of nitrogens with one attached hydrogen (secondary N) is 1. The third-order valence-corrected chi connectivity index (χ3v) is 1.93. The smallest absolute Gasteiger partial charge is 0.114 e. The lowest BCUT2D eigenvalue weighted by Crippen LogP contribution is -2.24. The van der Waals surface area contributed by atoms with E-state index < -0.39 is 0 Å². The standard InChI is InChI=1S/C8H14N4/c1-3-7-11-4-5-12(7)6(2)8(9)10/h4-6H,3H2,1-2H3,(H3,9,10). The molecule has 0 saturated heterocycles. The van der Waals surface area contributed by atoms with E-state index in [9.17, 15) is 0 Å². The molecule has 12 heavy (non-hydrogen) atoms. The van der Waals surface area contributed by atoms with Gasteiger partial charge in [0.1, 0.15) is 11.7 Å². The topological polar surface area (TPSA) is 67.7 Å². The minimum absolute atomic E-state index is 0.0811. The Labute approximate surface area is 71.9 Å². The number of imidazole rings is 1. The maximum atomic E-state index is 7.28. The Kier molecular flexibility index (Phi) is 2.47. The summed E-state index contributed by atoms with van der Waals surface area (Å²) in [7, 11) is 0. The fourth-order valence-corrected chi connectivity index (χ4v) is 1.12. The monoisotopic (exact) mass is 166 g/mol. The van der Waals surface area contributed by atoms with Gasteiger partial charge < -0.3 is 10.3 Å². The second kappa shape index (κ2) is 3.38. The van der Waals surface area contributed by atoms with Gasteiger partial charge in [-0.2, -0.15) is 0 Å². The molecule has 1 aromatic heterocycles. The van der Waals surface area contributed by atoms with Crippen LogP contribution in [0.2, 0.25) is 0 Å². The van der Waals surface area contributed by atoms with Gasteiger partial charge >= 0.3 is 0 Å². The summed E-state index contributed by atoms with van der Waals surface area (Å²) >= 11 is 0. The minimum Gasteiger partial charge on any atom is -0.386 e. The minimum atomic E-state index is -0.0811. The van der Waals surface area contributed by atoms with Gasteiger partial charge in [-0.1, -0.05) is 6.92 Å². The summed E-state index contributed by atoms with van der Waals surface area (Å²) < 4.78 is 1.92. The normalized spacial score (nSPS) is 12.8. The molecule has 0 radical (unpaired) electrons. The van der Waals surface area contributed by atoms with E-state index in [1.807, 2.05) is 24.6 Å². The zero-order chi connectivity index (χ0) is 9.14. The van der Waals surface area contributed by atoms with Gasteiger partial charge in [0, 0.05) is 18.8 Å². The Morgan fingerprint density at radius 2 is 2.50 bits per heavy atom. The zero-order valence-corrected chi connectivity index (χ0v) is 7.41. The maximum Gasteiger partial charge on any atom is 0.114 e. The number of nitrogens with zero attached hydrogens (tertiary/aromatic N) is 2. The Morgan fingerprint density at radius 1 is 1.83 bits per heavy atom. The molecule has 0 aliphatic heterocycles. The van der Waals surface area contributed by atoms with E-state index in [1.54, 1.807) is 6.20 Å². The van der Waals surface area contributed by atoms with Crippen LogP contribution in [-0.2, 0) is 6.42 Å². The van der Waals surface area contributed by atoms with Crippen molar-refractivity contribution in [2.45, 2.75) is 26.3 Å². The highest BCUT2D eigenvalue weighted by Crippen LogP contribution is 2.08. The Morgan fingerprint density at radius 3 is 3.00 bits per heavy atom. The number of rotatable bonds is 3. The number of nitrogens with two attached hydrogens (primary N) is 1. The molecule has 1 heterocycles. The molecule has 0 spiro atoms. The summed E-state index contributed by atoms with van der Waals surface area (Å²) in [5.41, 5.74) is 5.39. The van der Waals surface area contributed by atoms with Crippen LogP contribution in [0.25, 0.3) is 0 Å². The molecule has 0 saturated carbocycles. The van der Waals surface area contributed by atoms with E-state index in [2.05, 4.69) is 4.98 Å². The molecule has 1 unspecified atom stereocenters. The average molecular weight is 166 g/mol. The van der Waals surface area contributed by atoms with E-state index in [-0.39, 0.29) is 11.9 Å². The zero-order valence-electron chi connectivity index (χ0n) is 7.41. The molecule has 4 nitrogen and oxygen atoms in total. The Balaban J connectivity index is 2.93. The summed E-state index contributed by atoms with van der Waals surface area (Å²) in [5.74, 6) is 1.14. The van der Waals surface area contributed by atoms with Gasteiger partial charge in [0.15, 0.2) is 0 Å². The van der Waals surface area contributed by atoms with Crippen molar-refractivity contribution in [3.8, 4) is 0 Å². The van der Waals surface area contributed by atoms with Crippen molar-refractivity contribution in [1.82, 2.24) is 9.55 Å². The first-order valence-corrected chi connectivity index (χ1v) is 4.02. The molecule has 1 rings (SSSR count). The molecular formula is C8H14N4. The first kappa shape index (κ1) is 8.77. The Hall–Kier alpha value is -1.32. The molecule has 1 atom stereocenters. The quantitative estimate of drug-likeness (QED) is 0.518. The highest BCUT2D eigenvalue weighted by atomic mass is 15.1. The summed E-state index contributed by atoms with van der Waals surface area (Å²) in [5, 5.41) is 7.28. The molecule has 0 aliphatic carbocycles. The van der Waals surface area contributed by atoms with Crippen molar-refractivity contribution in [2.75, 3.05) is 0 Å². The fourth-order valence-electron chi connectivity index (χ4n) is 1.12. The summed E-state index contributed by atoms with van der Waals surface area (Å²) in [6.45, 7) is 3.93. The van der Waals surface area contributed by atoms with Gasteiger partial charge in [0.05, 0.1) is 6.04 Å². The van der Waals surface area contributed by atoms with Crippen LogP contribution in [0.15, 0.2) is 12.4 Å². The van der Waals surface area contributed by atoms with Crippen LogP contribution in [0, 0.1) is 5.41 Å². The molecule has 0 fully saturated rings. The van der Waals surface area contributed by atoms with Crippen molar-refractivity contribution in [3.63, 3.8) is 0 Å². The first-order valence-electron chi connectivity index (χ1n) is 4.02. The van der Waals surface area contributed by atoms with Gasteiger partial charge in [-0.05, 0) is 6.92 Å². The molecule has 3 N–H and O–H groups in total. The predicted octanol–water partition coefficient (Wildman–Crippen LogP) is 0.942. The van der Waals surface area contributed by atoms with E-state index in [0.29, 0.717) is 0 Å². The third-order valence-electron chi connectivity index (χ3n) is 1.93. The second-order valence-electron chi connectivity index (χ2n) is 2.74. The molecule has 4 heteroatoms. The van der Waals surface area contributed by atoms with Gasteiger partial charge in [-0.25, -0.2) is 4.98 Å². The van der Waals surface area contributed by atoms with Gasteiger partial charge in [-0.15, -0.1) is 0 Å². The fraction of sp³-hybridized carbons (Fsp3) is 0.500. The van der Waals surface area contributed by atoms with Crippen molar-refractivity contribution in [3.05, 3.63) is 18.2 Å². The maximum absolute atomic E-state index is 7.28. The average Bonchev–Trinajstić information content (AvgIpc) is 2.49. The molecule has 0 aliphatic rings. The van der Waals surface area contributed by atoms with Crippen molar-refractivity contribution in [1.29, 1.82) is 5.41 Å². The van der Waals surface area contributed by atoms with Crippen molar-refractivity contribution >= 4 is 5.84 Å². The highest BCUT2D eigenvalue weighted by molar-refractivity contribution is 5.80. The number of hydrogen-bond donors (Lipinski definition) is 2. The molecule has 0 amide bonds. The van der Waals surface area contributed by atoms with Crippen LogP contribution in [0.1, 0.15) is 25.7 Å². The first-order chi connectivity index (χ1) is 5.66. The molecule has 66 valence electrons. The number of aryl methyl sites for hydroxylation is 1. The lowest BCUT2D eigenvalue weighted by atomic mass is 10.3. The number of hydrogen-bond acceptors (Lipinski definition) is 2.